The smallest absolute Gasteiger partial charge is 0.295 e. The van der Waals surface area contributed by atoms with Gasteiger partial charge in [-0.3, -0.25) is 14.6 Å². The highest BCUT2D eigenvalue weighted by atomic mass is 35.5. The molecule has 0 saturated carbocycles. The van der Waals surface area contributed by atoms with Gasteiger partial charge in [0.15, 0.2) is 11.5 Å². The maximum absolute atomic E-state index is 13.3. The van der Waals surface area contributed by atoms with E-state index in [9.17, 15) is 14.7 Å². The lowest BCUT2D eigenvalue weighted by Gasteiger charge is -2.26. The van der Waals surface area contributed by atoms with Crippen LogP contribution in [0.1, 0.15) is 22.7 Å². The number of halogens is 4. The van der Waals surface area contributed by atoms with E-state index >= 15 is 0 Å². The average Bonchev–Trinajstić information content (AvgIpc) is 3.11. The second-order valence-corrected chi connectivity index (χ2v) is 9.34. The van der Waals surface area contributed by atoms with Crippen LogP contribution in [0.4, 0.5) is 0 Å². The van der Waals surface area contributed by atoms with Gasteiger partial charge in [-0.15, -0.1) is 0 Å². The number of aliphatic hydroxyl groups excluding tert-OH is 1. The summed E-state index contributed by atoms with van der Waals surface area (Å²) in [6, 6.07) is 8.50. The fourth-order valence-corrected chi connectivity index (χ4v) is 5.04. The van der Waals surface area contributed by atoms with Crippen molar-refractivity contribution in [3.8, 4) is 11.5 Å². The highest BCUT2D eigenvalue weighted by Crippen LogP contribution is 2.47. The van der Waals surface area contributed by atoms with E-state index in [1.54, 1.807) is 42.7 Å². The monoisotopic (exact) mass is 566 g/mol. The van der Waals surface area contributed by atoms with Gasteiger partial charge in [0.2, 0.25) is 0 Å². The second-order valence-electron chi connectivity index (χ2n) is 7.74. The number of likely N-dealkylation sites (tertiary alicyclic amines) is 1. The van der Waals surface area contributed by atoms with Crippen LogP contribution in [-0.4, -0.2) is 40.9 Å². The molecule has 186 valence electrons. The quantitative estimate of drug-likeness (QED) is 0.212. The van der Waals surface area contributed by atoms with Crippen molar-refractivity contribution in [2.24, 2.45) is 0 Å². The lowest BCUT2D eigenvalue weighted by molar-refractivity contribution is -0.140. The first-order valence-electron chi connectivity index (χ1n) is 10.4. The Bertz CT molecular complexity index is 1390. The maximum Gasteiger partial charge on any atom is 0.295 e. The Kier molecular flexibility index (Phi) is 7.66. The number of carbonyl (C=O) groups is 2. The van der Waals surface area contributed by atoms with E-state index in [4.69, 9.17) is 55.9 Å². The van der Waals surface area contributed by atoms with Crippen molar-refractivity contribution in [1.82, 2.24) is 9.88 Å². The molecule has 1 N–H and O–H groups in total. The number of benzene rings is 2. The van der Waals surface area contributed by atoms with Crippen LogP contribution in [0.25, 0.3) is 5.76 Å². The minimum absolute atomic E-state index is 0.00819. The Balaban J connectivity index is 1.97. The summed E-state index contributed by atoms with van der Waals surface area (Å²) in [6.45, 7) is 0.0655. The van der Waals surface area contributed by atoms with Crippen molar-refractivity contribution < 1.29 is 24.2 Å². The van der Waals surface area contributed by atoms with E-state index in [0.717, 1.165) is 5.56 Å². The van der Waals surface area contributed by atoms with Crippen LogP contribution in [0, 0.1) is 0 Å². The third-order valence-corrected chi connectivity index (χ3v) is 7.06. The summed E-state index contributed by atoms with van der Waals surface area (Å²) in [5.41, 5.74) is 1.01. The number of hydrogen-bond donors (Lipinski definition) is 1. The molecule has 4 rings (SSSR count). The first-order chi connectivity index (χ1) is 17.2. The van der Waals surface area contributed by atoms with Gasteiger partial charge in [0.25, 0.3) is 11.7 Å². The largest absolute Gasteiger partial charge is 0.507 e. The topological polar surface area (TPSA) is 89.0 Å². The molecule has 11 heteroatoms. The molecular weight excluding hydrogens is 550 g/mol. The van der Waals surface area contributed by atoms with Gasteiger partial charge in [-0.05, 0) is 41.5 Å². The zero-order valence-electron chi connectivity index (χ0n) is 18.9. The molecular formula is C25H18Cl4N2O5. The number of carbonyl (C=O) groups excluding carboxylic acids is 2. The minimum atomic E-state index is -1.00. The Hall–Kier alpha value is -2.97. The molecule has 0 radical (unpaired) electrons. The number of amides is 1. The number of ether oxygens (including phenoxy) is 2. The molecule has 1 atom stereocenters. The van der Waals surface area contributed by atoms with Gasteiger partial charge in [-0.2, -0.15) is 0 Å². The number of pyridine rings is 1. The van der Waals surface area contributed by atoms with Crippen LogP contribution in [0.15, 0.2) is 54.4 Å². The number of rotatable bonds is 6. The highest BCUT2D eigenvalue weighted by molar-refractivity contribution is 6.47. The van der Waals surface area contributed by atoms with Crippen LogP contribution in [0.3, 0.4) is 0 Å². The normalized spacial score (nSPS) is 16.9. The van der Waals surface area contributed by atoms with Crippen LogP contribution < -0.4 is 9.47 Å². The number of hydrogen-bond acceptors (Lipinski definition) is 6. The van der Waals surface area contributed by atoms with Gasteiger partial charge < -0.3 is 19.5 Å². The molecule has 0 spiro atoms. The molecule has 1 aliphatic rings. The van der Waals surface area contributed by atoms with Gasteiger partial charge in [0.05, 0.1) is 46.5 Å². The lowest BCUT2D eigenvalue weighted by atomic mass is 9.94. The number of aromatic nitrogens is 1. The third-order valence-electron chi connectivity index (χ3n) is 5.70. The van der Waals surface area contributed by atoms with Gasteiger partial charge >= 0.3 is 0 Å². The van der Waals surface area contributed by atoms with Crippen molar-refractivity contribution in [2.45, 2.75) is 12.6 Å². The van der Waals surface area contributed by atoms with Crippen molar-refractivity contribution in [3.63, 3.8) is 0 Å². The molecule has 1 saturated heterocycles. The minimum Gasteiger partial charge on any atom is -0.507 e. The van der Waals surface area contributed by atoms with E-state index in [1.807, 2.05) is 0 Å². The Morgan fingerprint density at radius 2 is 1.61 bits per heavy atom. The molecule has 0 aliphatic carbocycles. The van der Waals surface area contributed by atoms with Gasteiger partial charge in [0, 0.05) is 18.9 Å². The van der Waals surface area contributed by atoms with Crippen molar-refractivity contribution >= 4 is 63.9 Å². The molecule has 1 aliphatic heterocycles. The first-order valence-corrected chi connectivity index (χ1v) is 11.9. The average molecular weight is 568 g/mol. The fourth-order valence-electron chi connectivity index (χ4n) is 4.05. The summed E-state index contributed by atoms with van der Waals surface area (Å²) < 4.78 is 10.6. The predicted octanol–water partition coefficient (Wildman–Crippen LogP) is 6.33. The molecule has 0 bridgehead atoms. The van der Waals surface area contributed by atoms with Gasteiger partial charge in [-0.1, -0.05) is 52.5 Å². The fraction of sp³-hybridized carbons (Fsp3) is 0.160. The summed E-state index contributed by atoms with van der Waals surface area (Å²) in [5.74, 6) is -2.09. The molecule has 36 heavy (non-hydrogen) atoms. The summed E-state index contributed by atoms with van der Waals surface area (Å²) in [4.78, 5) is 31.9. The maximum atomic E-state index is 13.3. The number of Topliss-reactive ketones (excluding diaryl/α,β-unsaturated/α-hetero) is 1. The molecule has 7 nitrogen and oxygen atoms in total. The Morgan fingerprint density at radius 1 is 0.944 bits per heavy atom. The zero-order valence-corrected chi connectivity index (χ0v) is 21.9. The first kappa shape index (κ1) is 26.1. The standard InChI is InChI=1S/C25H18Cl4N2O5/c1-35-23-14(10-17(28)24(36-2)19(23)29)21(32)18-20(13-3-4-15(26)16(27)9-13)31(25(34)22(18)33)11-12-5-7-30-8-6-12/h3-10,20,32H,11H2,1-2H3/b21-18+. The van der Waals surface area contributed by atoms with Gasteiger partial charge in [0.1, 0.15) is 10.8 Å². The van der Waals surface area contributed by atoms with E-state index < -0.39 is 23.5 Å². The molecule has 1 amide bonds. The Labute approximate surface area is 226 Å². The molecule has 3 aromatic rings. The summed E-state index contributed by atoms with van der Waals surface area (Å²) in [7, 11) is 2.71. The van der Waals surface area contributed by atoms with Gasteiger partial charge in [-0.25, -0.2) is 0 Å². The Morgan fingerprint density at radius 3 is 2.22 bits per heavy atom. The lowest BCUT2D eigenvalue weighted by Crippen LogP contribution is -2.29. The number of aliphatic hydroxyl groups is 1. The van der Waals surface area contributed by atoms with Crippen LogP contribution in [0.2, 0.25) is 20.1 Å². The predicted molar refractivity (Wildman–Crippen MR) is 138 cm³/mol. The number of nitrogens with zero attached hydrogens (tertiary/aromatic N) is 2. The second kappa shape index (κ2) is 10.6. The van der Waals surface area contributed by atoms with E-state index in [0.29, 0.717) is 10.6 Å². The van der Waals surface area contributed by atoms with Crippen molar-refractivity contribution in [1.29, 1.82) is 0 Å². The number of ketones is 1. The van der Waals surface area contributed by atoms with Crippen LogP contribution in [-0.2, 0) is 16.1 Å². The highest BCUT2D eigenvalue weighted by Gasteiger charge is 2.46. The molecule has 1 unspecified atom stereocenters. The van der Waals surface area contributed by atoms with Crippen molar-refractivity contribution in [3.05, 3.63) is 91.1 Å². The van der Waals surface area contributed by atoms with E-state index in [-0.39, 0.29) is 44.2 Å². The molecule has 1 fully saturated rings. The molecule has 2 heterocycles. The van der Waals surface area contributed by atoms with Crippen LogP contribution in [0.5, 0.6) is 11.5 Å². The third kappa shape index (κ3) is 4.60. The summed E-state index contributed by atoms with van der Waals surface area (Å²) in [5, 5.41) is 12.0. The van der Waals surface area contributed by atoms with E-state index in [1.165, 1.54) is 25.2 Å². The summed E-state index contributed by atoms with van der Waals surface area (Å²) >= 11 is 25.1. The zero-order chi connectivity index (χ0) is 26.1. The summed E-state index contributed by atoms with van der Waals surface area (Å²) in [6.07, 6.45) is 3.15. The van der Waals surface area contributed by atoms with E-state index in [2.05, 4.69) is 4.98 Å². The SMILES string of the molecule is COc1c(Cl)cc(/C(O)=C2\C(=O)C(=O)N(Cc3ccncc3)C2c2ccc(Cl)c(Cl)c2)c(OC)c1Cl. The molecule has 1 aromatic heterocycles. The number of methoxy groups -OCH3 is 2. The molecule has 2 aromatic carbocycles. The van der Waals surface area contributed by atoms with Crippen LogP contribution >= 0.6 is 46.4 Å². The van der Waals surface area contributed by atoms with Crippen molar-refractivity contribution in [2.75, 3.05) is 14.2 Å².